The van der Waals surface area contributed by atoms with Crippen molar-refractivity contribution in [3.63, 3.8) is 0 Å². The lowest BCUT2D eigenvalue weighted by Gasteiger charge is -2.12. The molecule has 0 fully saturated rings. The lowest BCUT2D eigenvalue weighted by molar-refractivity contribution is -0.139. The third-order valence-electron chi connectivity index (χ3n) is 1.55. The smallest absolute Gasteiger partial charge is 0.421 e. The summed E-state index contributed by atoms with van der Waals surface area (Å²) in [5.74, 6) is -0.765. The van der Waals surface area contributed by atoms with E-state index in [9.17, 15) is 13.2 Å². The third-order valence-corrected chi connectivity index (χ3v) is 1.55. The Bertz CT molecular complexity index is 351. The topological polar surface area (TPSA) is 74.2 Å². The fourth-order valence-corrected chi connectivity index (χ4v) is 0.884. The number of halogens is 3. The summed E-state index contributed by atoms with van der Waals surface area (Å²) in [7, 11) is 1.08. The fraction of sp³-hybridized carbons (Fsp3) is 0.286. The molecule has 0 saturated heterocycles. The van der Waals surface area contributed by atoms with Gasteiger partial charge in [0, 0.05) is 0 Å². The number of nitrogens with two attached hydrogens (primary N) is 2. The lowest BCUT2D eigenvalue weighted by atomic mass is 10.2. The number of hydrogen-bond donors (Lipinski definition) is 2. The summed E-state index contributed by atoms with van der Waals surface area (Å²) >= 11 is 0. The van der Waals surface area contributed by atoms with E-state index < -0.39 is 17.6 Å². The van der Waals surface area contributed by atoms with Crippen LogP contribution >= 0.6 is 0 Å². The number of pyridine rings is 1. The van der Waals surface area contributed by atoms with Crippen molar-refractivity contribution >= 4 is 11.5 Å². The molecule has 0 unspecified atom stereocenters. The van der Waals surface area contributed by atoms with Gasteiger partial charge in [0.05, 0.1) is 12.8 Å². The van der Waals surface area contributed by atoms with Gasteiger partial charge < -0.3 is 16.2 Å². The maximum Gasteiger partial charge on any atom is 0.421 e. The van der Waals surface area contributed by atoms with Crippen molar-refractivity contribution in [3.8, 4) is 5.88 Å². The predicted molar refractivity (Wildman–Crippen MR) is 44.6 cm³/mol. The van der Waals surface area contributed by atoms with Gasteiger partial charge in [-0.25, -0.2) is 0 Å². The summed E-state index contributed by atoms with van der Waals surface area (Å²) < 4.78 is 41.4. The second-order valence-corrected chi connectivity index (χ2v) is 2.52. The van der Waals surface area contributed by atoms with Crippen molar-refractivity contribution in [2.45, 2.75) is 6.18 Å². The van der Waals surface area contributed by atoms with Gasteiger partial charge in [-0.05, 0) is 6.07 Å². The van der Waals surface area contributed by atoms with Gasteiger partial charge in [0.2, 0.25) is 5.88 Å². The van der Waals surface area contributed by atoms with Crippen molar-refractivity contribution in [2.75, 3.05) is 18.6 Å². The molecule has 0 radical (unpaired) electrons. The largest absolute Gasteiger partial charge is 0.481 e. The Labute approximate surface area is 77.7 Å². The van der Waals surface area contributed by atoms with Crippen LogP contribution in [-0.2, 0) is 6.18 Å². The molecule has 1 heterocycles. The van der Waals surface area contributed by atoms with Crippen LogP contribution in [0.2, 0.25) is 0 Å². The highest BCUT2D eigenvalue weighted by molar-refractivity contribution is 5.61. The molecule has 0 aliphatic heterocycles. The van der Waals surface area contributed by atoms with Crippen LogP contribution in [0.4, 0.5) is 24.7 Å². The van der Waals surface area contributed by atoms with Crippen molar-refractivity contribution < 1.29 is 17.9 Å². The predicted octanol–water partition coefficient (Wildman–Crippen LogP) is 1.27. The van der Waals surface area contributed by atoms with Gasteiger partial charge >= 0.3 is 6.18 Å². The Morgan fingerprint density at radius 1 is 1.36 bits per heavy atom. The molecule has 1 aromatic rings. The van der Waals surface area contributed by atoms with E-state index >= 15 is 0 Å². The minimum Gasteiger partial charge on any atom is -0.481 e. The highest BCUT2D eigenvalue weighted by Crippen LogP contribution is 2.37. The number of nitrogen functional groups attached to an aromatic ring is 2. The van der Waals surface area contributed by atoms with E-state index in [4.69, 9.17) is 11.5 Å². The Balaban J connectivity index is 3.35. The number of anilines is 2. The molecule has 4 nitrogen and oxygen atoms in total. The third kappa shape index (κ3) is 1.81. The van der Waals surface area contributed by atoms with Crippen molar-refractivity contribution in [1.29, 1.82) is 0 Å². The minimum absolute atomic E-state index is 0.185. The molecule has 7 heteroatoms. The van der Waals surface area contributed by atoms with Gasteiger partial charge in [0.1, 0.15) is 5.56 Å². The van der Waals surface area contributed by atoms with Gasteiger partial charge in [-0.3, -0.25) is 0 Å². The zero-order valence-electron chi connectivity index (χ0n) is 7.22. The number of ether oxygens (including phenoxy) is 1. The van der Waals surface area contributed by atoms with Gasteiger partial charge in [-0.1, -0.05) is 0 Å². The van der Waals surface area contributed by atoms with E-state index in [0.29, 0.717) is 6.07 Å². The van der Waals surface area contributed by atoms with Crippen molar-refractivity contribution in [2.24, 2.45) is 0 Å². The second-order valence-electron chi connectivity index (χ2n) is 2.52. The Hall–Kier alpha value is -1.66. The molecular weight excluding hydrogens is 199 g/mol. The molecule has 1 rings (SSSR count). The average molecular weight is 207 g/mol. The summed E-state index contributed by atoms with van der Waals surface area (Å²) in [6.07, 6.45) is -4.56. The molecule has 0 amide bonds. The van der Waals surface area contributed by atoms with Crippen LogP contribution in [0.25, 0.3) is 0 Å². The molecule has 0 spiro atoms. The number of hydrogen-bond acceptors (Lipinski definition) is 4. The quantitative estimate of drug-likeness (QED) is 0.727. The standard InChI is InChI=1S/C7H8F3N3O/c1-14-6-3(7(8,9)10)2-4(11)5(12)13-6/h2H,11H2,1H3,(H2,12,13). The average Bonchev–Trinajstić information content (AvgIpc) is 2.07. The first kappa shape index (κ1) is 10.4. The van der Waals surface area contributed by atoms with E-state index in [1.54, 1.807) is 0 Å². The molecular formula is C7H8F3N3O. The molecule has 1 aromatic heterocycles. The van der Waals surface area contributed by atoms with Crippen LogP contribution in [0.1, 0.15) is 5.56 Å². The normalized spacial score (nSPS) is 11.4. The molecule has 4 N–H and O–H groups in total. The number of alkyl halides is 3. The molecule has 0 saturated carbocycles. The van der Waals surface area contributed by atoms with Crippen LogP contribution in [0.3, 0.4) is 0 Å². The summed E-state index contributed by atoms with van der Waals surface area (Å²) in [6.45, 7) is 0. The van der Waals surface area contributed by atoms with Crippen LogP contribution in [0, 0.1) is 0 Å². The maximum atomic E-state index is 12.3. The first-order valence-corrected chi connectivity index (χ1v) is 3.53. The molecule has 0 aliphatic carbocycles. The molecule has 0 aromatic carbocycles. The van der Waals surface area contributed by atoms with Gasteiger partial charge in [-0.15, -0.1) is 0 Å². The van der Waals surface area contributed by atoms with Crippen LogP contribution in [0.5, 0.6) is 5.88 Å². The molecule has 0 atom stereocenters. The fourth-order valence-electron chi connectivity index (χ4n) is 0.884. The number of nitrogens with zero attached hydrogens (tertiary/aromatic N) is 1. The molecule has 0 aliphatic rings. The summed E-state index contributed by atoms with van der Waals surface area (Å²) in [5, 5.41) is 0. The lowest BCUT2D eigenvalue weighted by Crippen LogP contribution is -2.11. The summed E-state index contributed by atoms with van der Waals surface area (Å²) in [4.78, 5) is 3.37. The van der Waals surface area contributed by atoms with Gasteiger partial charge in [0.25, 0.3) is 0 Å². The van der Waals surface area contributed by atoms with Crippen LogP contribution < -0.4 is 16.2 Å². The van der Waals surface area contributed by atoms with Crippen molar-refractivity contribution in [3.05, 3.63) is 11.6 Å². The number of rotatable bonds is 1. The molecule has 0 bridgehead atoms. The minimum atomic E-state index is -4.56. The zero-order chi connectivity index (χ0) is 10.9. The van der Waals surface area contributed by atoms with Gasteiger partial charge in [-0.2, -0.15) is 18.2 Å². The van der Waals surface area contributed by atoms with E-state index in [2.05, 4.69) is 9.72 Å². The number of aromatic nitrogens is 1. The monoisotopic (exact) mass is 207 g/mol. The summed E-state index contributed by atoms with van der Waals surface area (Å²) in [5.41, 5.74) is 9.16. The Kier molecular flexibility index (Phi) is 2.41. The van der Waals surface area contributed by atoms with Crippen LogP contribution in [-0.4, -0.2) is 12.1 Å². The Morgan fingerprint density at radius 3 is 2.36 bits per heavy atom. The van der Waals surface area contributed by atoms with Crippen LogP contribution in [0.15, 0.2) is 6.07 Å². The number of methoxy groups -OCH3 is 1. The second kappa shape index (κ2) is 3.24. The highest BCUT2D eigenvalue weighted by atomic mass is 19.4. The van der Waals surface area contributed by atoms with Gasteiger partial charge in [0.15, 0.2) is 5.82 Å². The van der Waals surface area contributed by atoms with E-state index in [1.165, 1.54) is 0 Å². The van der Waals surface area contributed by atoms with E-state index in [-0.39, 0.29) is 11.5 Å². The van der Waals surface area contributed by atoms with E-state index in [0.717, 1.165) is 7.11 Å². The highest BCUT2D eigenvalue weighted by Gasteiger charge is 2.35. The first-order valence-electron chi connectivity index (χ1n) is 3.53. The Morgan fingerprint density at radius 2 is 1.93 bits per heavy atom. The van der Waals surface area contributed by atoms with E-state index in [1.807, 2.05) is 0 Å². The first-order chi connectivity index (χ1) is 6.36. The summed E-state index contributed by atoms with van der Waals surface area (Å²) in [6, 6.07) is 0.696. The van der Waals surface area contributed by atoms with Crippen molar-refractivity contribution in [1.82, 2.24) is 4.98 Å². The SMILES string of the molecule is COc1nc(N)c(N)cc1C(F)(F)F. The molecule has 14 heavy (non-hydrogen) atoms. The molecule has 78 valence electrons. The zero-order valence-corrected chi connectivity index (χ0v) is 7.22. The maximum absolute atomic E-state index is 12.3.